The van der Waals surface area contributed by atoms with Crippen LogP contribution >= 0.6 is 0 Å². The lowest BCUT2D eigenvalue weighted by Gasteiger charge is -2.36. The molecule has 0 aliphatic carbocycles. The number of hydrogen-bond acceptors (Lipinski definition) is 7. The van der Waals surface area contributed by atoms with Crippen molar-refractivity contribution in [3.05, 3.63) is 59.5 Å². The Bertz CT molecular complexity index is 1130. The smallest absolute Gasteiger partial charge is 0.236 e. The molecule has 1 aromatic carbocycles. The largest absolute Gasteiger partial charge is 0.383 e. The zero-order valence-corrected chi connectivity index (χ0v) is 19.0. The third-order valence-electron chi connectivity index (χ3n) is 6.69. The molecule has 2 aliphatic rings. The molecule has 8 nitrogen and oxygen atoms in total. The van der Waals surface area contributed by atoms with E-state index in [9.17, 15) is 4.79 Å². The molecule has 0 spiro atoms. The van der Waals surface area contributed by atoms with Crippen molar-refractivity contribution in [2.24, 2.45) is 0 Å². The highest BCUT2D eigenvalue weighted by Gasteiger charge is 2.29. The average Bonchev–Trinajstić information content (AvgIpc) is 2.84. The summed E-state index contributed by atoms with van der Waals surface area (Å²) in [5.74, 6) is 1.76. The number of aromatic nitrogens is 3. The zero-order chi connectivity index (χ0) is 22.8. The van der Waals surface area contributed by atoms with Gasteiger partial charge in [-0.3, -0.25) is 9.69 Å². The molecular formula is C25H30N6O2. The molecule has 0 unspecified atom stereocenters. The molecule has 1 atom stereocenters. The maximum atomic E-state index is 13.1. The highest BCUT2D eigenvalue weighted by atomic mass is 16.5. The van der Waals surface area contributed by atoms with Crippen LogP contribution in [0.4, 0.5) is 5.82 Å². The number of morpholine rings is 1. The molecule has 3 aromatic rings. The van der Waals surface area contributed by atoms with Gasteiger partial charge in [0.25, 0.3) is 0 Å². The van der Waals surface area contributed by atoms with Gasteiger partial charge in [-0.2, -0.15) is 0 Å². The number of hydrogen-bond donors (Lipinski definition) is 1. The van der Waals surface area contributed by atoms with E-state index in [-0.39, 0.29) is 12.0 Å². The summed E-state index contributed by atoms with van der Waals surface area (Å²) in [6.07, 6.45) is 1.91. The van der Waals surface area contributed by atoms with Crippen LogP contribution in [0, 0.1) is 6.92 Å². The first kappa shape index (κ1) is 21.7. The summed E-state index contributed by atoms with van der Waals surface area (Å²) in [6, 6.07) is 14.5. The predicted molar refractivity (Wildman–Crippen MR) is 127 cm³/mol. The highest BCUT2D eigenvalue weighted by Crippen LogP contribution is 2.28. The lowest BCUT2D eigenvalue weighted by Crippen LogP contribution is -2.48. The minimum atomic E-state index is -0.271. The summed E-state index contributed by atoms with van der Waals surface area (Å²) >= 11 is 0. The number of carbonyl (C=O) groups is 1. The van der Waals surface area contributed by atoms with Crippen molar-refractivity contribution in [1.29, 1.82) is 0 Å². The summed E-state index contributed by atoms with van der Waals surface area (Å²) in [5.41, 5.74) is 8.73. The number of likely N-dealkylation sites (tertiary alicyclic amines) is 1. The van der Waals surface area contributed by atoms with Gasteiger partial charge in [0.05, 0.1) is 30.8 Å². The van der Waals surface area contributed by atoms with Crippen LogP contribution in [0.1, 0.15) is 41.9 Å². The SMILES string of the molecule is Cc1nc(N)c2ccc([C@@H]3CN(C(=O)CN4CCC(c5ccccc5)CC4)CCO3)nc2n1. The van der Waals surface area contributed by atoms with Crippen molar-refractivity contribution in [3.8, 4) is 0 Å². The van der Waals surface area contributed by atoms with Gasteiger partial charge in [0, 0.05) is 6.54 Å². The molecule has 8 heteroatoms. The van der Waals surface area contributed by atoms with E-state index in [0.717, 1.165) is 37.0 Å². The number of pyridine rings is 1. The molecule has 2 fully saturated rings. The number of nitrogens with two attached hydrogens (primary N) is 1. The predicted octanol–water partition coefficient (Wildman–Crippen LogP) is 2.69. The molecule has 2 aromatic heterocycles. The van der Waals surface area contributed by atoms with Crippen LogP contribution in [0.25, 0.3) is 11.0 Å². The van der Waals surface area contributed by atoms with Gasteiger partial charge >= 0.3 is 0 Å². The first-order chi connectivity index (χ1) is 16.1. The van der Waals surface area contributed by atoms with E-state index in [2.05, 4.69) is 50.2 Å². The molecule has 33 heavy (non-hydrogen) atoms. The van der Waals surface area contributed by atoms with Gasteiger partial charge in [0.2, 0.25) is 5.91 Å². The van der Waals surface area contributed by atoms with E-state index in [0.29, 0.717) is 49.4 Å². The lowest BCUT2D eigenvalue weighted by atomic mass is 9.89. The molecular weight excluding hydrogens is 416 g/mol. The highest BCUT2D eigenvalue weighted by molar-refractivity contribution is 5.85. The number of aryl methyl sites for hydroxylation is 1. The average molecular weight is 447 g/mol. The van der Waals surface area contributed by atoms with Crippen LogP contribution in [0.5, 0.6) is 0 Å². The van der Waals surface area contributed by atoms with Gasteiger partial charge in [-0.15, -0.1) is 0 Å². The van der Waals surface area contributed by atoms with Gasteiger partial charge in [-0.1, -0.05) is 30.3 Å². The van der Waals surface area contributed by atoms with Crippen LogP contribution in [0.3, 0.4) is 0 Å². The zero-order valence-electron chi connectivity index (χ0n) is 19.0. The van der Waals surface area contributed by atoms with Crippen molar-refractivity contribution in [2.45, 2.75) is 31.8 Å². The third-order valence-corrected chi connectivity index (χ3v) is 6.69. The standard InChI is InChI=1S/C25H30N6O2/c1-17-27-24(26)20-7-8-21(29-25(20)28-17)22-15-31(13-14-33-22)23(32)16-30-11-9-19(10-12-30)18-5-3-2-4-6-18/h2-8,19,22H,9-16H2,1H3,(H2,26,27,28,29)/t22-/m0/s1. The molecule has 5 rings (SSSR count). The second-order valence-corrected chi connectivity index (χ2v) is 8.92. The summed E-state index contributed by atoms with van der Waals surface area (Å²) in [6.45, 7) is 5.76. The van der Waals surface area contributed by atoms with E-state index in [1.54, 1.807) is 6.92 Å². The fraction of sp³-hybridized carbons (Fsp3) is 0.440. The van der Waals surface area contributed by atoms with Gasteiger partial charge in [-0.25, -0.2) is 15.0 Å². The van der Waals surface area contributed by atoms with E-state index in [4.69, 9.17) is 10.5 Å². The van der Waals surface area contributed by atoms with Crippen LogP contribution in [0.2, 0.25) is 0 Å². The number of piperidine rings is 1. The third kappa shape index (κ3) is 4.82. The van der Waals surface area contributed by atoms with Crippen LogP contribution in [-0.2, 0) is 9.53 Å². The second kappa shape index (κ2) is 9.41. The van der Waals surface area contributed by atoms with Crippen LogP contribution in [0.15, 0.2) is 42.5 Å². The number of carbonyl (C=O) groups excluding carboxylic acids is 1. The maximum Gasteiger partial charge on any atom is 0.236 e. The molecule has 172 valence electrons. The molecule has 4 heterocycles. The number of anilines is 1. The van der Waals surface area contributed by atoms with E-state index >= 15 is 0 Å². The van der Waals surface area contributed by atoms with Crippen molar-refractivity contribution >= 4 is 22.8 Å². The Morgan fingerprint density at radius 2 is 1.85 bits per heavy atom. The van der Waals surface area contributed by atoms with E-state index < -0.39 is 0 Å². The Morgan fingerprint density at radius 3 is 2.64 bits per heavy atom. The Hall–Kier alpha value is -3.10. The first-order valence-corrected chi connectivity index (χ1v) is 11.6. The second-order valence-electron chi connectivity index (χ2n) is 8.92. The van der Waals surface area contributed by atoms with Gasteiger partial charge in [0.15, 0.2) is 5.65 Å². The Balaban J connectivity index is 1.19. The maximum absolute atomic E-state index is 13.1. The molecule has 0 bridgehead atoms. The lowest BCUT2D eigenvalue weighted by molar-refractivity contribution is -0.140. The molecule has 0 radical (unpaired) electrons. The molecule has 0 saturated carbocycles. The summed E-state index contributed by atoms with van der Waals surface area (Å²) in [7, 11) is 0. The van der Waals surface area contributed by atoms with E-state index in [1.165, 1.54) is 5.56 Å². The Kier molecular flexibility index (Phi) is 6.20. The van der Waals surface area contributed by atoms with Crippen molar-refractivity contribution in [1.82, 2.24) is 24.8 Å². The van der Waals surface area contributed by atoms with Crippen LogP contribution in [-0.4, -0.2) is 70.0 Å². The minimum Gasteiger partial charge on any atom is -0.383 e. The fourth-order valence-corrected chi connectivity index (χ4v) is 4.84. The van der Waals surface area contributed by atoms with Crippen molar-refractivity contribution in [3.63, 3.8) is 0 Å². The molecule has 2 N–H and O–H groups in total. The normalized spacial score (nSPS) is 20.3. The van der Waals surface area contributed by atoms with E-state index in [1.807, 2.05) is 17.0 Å². The minimum absolute atomic E-state index is 0.157. The summed E-state index contributed by atoms with van der Waals surface area (Å²) in [5, 5.41) is 0.729. The van der Waals surface area contributed by atoms with Crippen molar-refractivity contribution in [2.75, 3.05) is 45.1 Å². The number of rotatable bonds is 4. The number of fused-ring (bicyclic) bond motifs is 1. The number of benzene rings is 1. The monoisotopic (exact) mass is 446 g/mol. The number of ether oxygens (including phenoxy) is 1. The van der Waals surface area contributed by atoms with Crippen LogP contribution < -0.4 is 5.73 Å². The Labute approximate surface area is 193 Å². The summed E-state index contributed by atoms with van der Waals surface area (Å²) < 4.78 is 5.96. The van der Waals surface area contributed by atoms with Gasteiger partial charge < -0.3 is 15.4 Å². The molecule has 2 saturated heterocycles. The number of amides is 1. The number of nitrogen functional groups attached to an aromatic ring is 1. The number of nitrogens with zero attached hydrogens (tertiary/aromatic N) is 5. The molecule has 1 amide bonds. The Morgan fingerprint density at radius 1 is 1.06 bits per heavy atom. The van der Waals surface area contributed by atoms with Gasteiger partial charge in [-0.05, 0) is 56.5 Å². The van der Waals surface area contributed by atoms with Gasteiger partial charge in [0.1, 0.15) is 17.7 Å². The van der Waals surface area contributed by atoms with Crippen molar-refractivity contribution < 1.29 is 9.53 Å². The molecule has 2 aliphatic heterocycles. The quantitative estimate of drug-likeness (QED) is 0.658. The topological polar surface area (TPSA) is 97.5 Å². The first-order valence-electron chi connectivity index (χ1n) is 11.6. The summed E-state index contributed by atoms with van der Waals surface area (Å²) in [4.78, 5) is 30.5. The fourth-order valence-electron chi connectivity index (χ4n) is 4.84.